The number of nitrogens with one attached hydrogen (secondary N) is 1. The molecule has 94 valence electrons. The minimum Gasteiger partial charge on any atom is -0.317 e. The summed E-state index contributed by atoms with van der Waals surface area (Å²) in [4.78, 5) is 2.54. The van der Waals surface area contributed by atoms with Gasteiger partial charge in [0, 0.05) is 26.3 Å². The largest absolute Gasteiger partial charge is 0.317 e. The van der Waals surface area contributed by atoms with Crippen LogP contribution in [-0.2, 0) is 13.6 Å². The van der Waals surface area contributed by atoms with Gasteiger partial charge in [0.15, 0.2) is 0 Å². The third kappa shape index (κ3) is 2.35. The van der Waals surface area contributed by atoms with E-state index >= 15 is 0 Å². The van der Waals surface area contributed by atoms with Gasteiger partial charge in [0.05, 0.1) is 5.69 Å². The average Bonchev–Trinajstić information content (AvgIpc) is 2.89. The van der Waals surface area contributed by atoms with Gasteiger partial charge in [-0.3, -0.25) is 9.58 Å². The zero-order chi connectivity index (χ0) is 11.7. The maximum atomic E-state index is 4.17. The molecule has 2 aliphatic rings. The van der Waals surface area contributed by atoms with E-state index < -0.39 is 0 Å². The molecule has 0 saturated carbocycles. The van der Waals surface area contributed by atoms with Crippen molar-refractivity contribution in [3.8, 4) is 0 Å². The van der Waals surface area contributed by atoms with Crippen molar-refractivity contribution in [3.63, 3.8) is 0 Å². The van der Waals surface area contributed by atoms with Gasteiger partial charge >= 0.3 is 0 Å². The van der Waals surface area contributed by atoms with E-state index in [1.54, 1.807) is 4.68 Å². The van der Waals surface area contributed by atoms with Gasteiger partial charge in [-0.2, -0.15) is 0 Å². The van der Waals surface area contributed by atoms with Crippen molar-refractivity contribution < 1.29 is 0 Å². The lowest BCUT2D eigenvalue weighted by atomic mass is 9.78. The summed E-state index contributed by atoms with van der Waals surface area (Å²) in [5, 5.41) is 11.6. The van der Waals surface area contributed by atoms with E-state index in [-0.39, 0.29) is 0 Å². The summed E-state index contributed by atoms with van der Waals surface area (Å²) in [6.45, 7) is 5.81. The van der Waals surface area contributed by atoms with Crippen molar-refractivity contribution in [2.24, 2.45) is 12.5 Å². The van der Waals surface area contributed by atoms with Crippen LogP contribution < -0.4 is 5.32 Å². The van der Waals surface area contributed by atoms with Gasteiger partial charge in [-0.25, -0.2) is 0 Å². The number of aryl methyl sites for hydroxylation is 1. The highest BCUT2D eigenvalue weighted by molar-refractivity contribution is 4.97. The van der Waals surface area contributed by atoms with Gasteiger partial charge in [-0.05, 0) is 44.3 Å². The lowest BCUT2D eigenvalue weighted by Crippen LogP contribution is -2.38. The fourth-order valence-electron chi connectivity index (χ4n) is 3.22. The van der Waals surface area contributed by atoms with Crippen molar-refractivity contribution in [1.29, 1.82) is 0 Å². The zero-order valence-electron chi connectivity index (χ0n) is 10.5. The lowest BCUT2D eigenvalue weighted by molar-refractivity contribution is 0.193. The molecule has 2 saturated heterocycles. The summed E-state index contributed by atoms with van der Waals surface area (Å²) in [7, 11) is 1.93. The van der Waals surface area contributed by atoms with Gasteiger partial charge in [-0.1, -0.05) is 5.21 Å². The van der Waals surface area contributed by atoms with Crippen LogP contribution in [0.1, 0.15) is 25.0 Å². The fraction of sp³-hybridized carbons (Fsp3) is 0.833. The van der Waals surface area contributed by atoms with E-state index in [1.165, 1.54) is 45.4 Å². The first-order chi connectivity index (χ1) is 8.26. The predicted octanol–water partition coefficient (Wildman–Crippen LogP) is 0.391. The number of rotatable bonds is 2. The van der Waals surface area contributed by atoms with E-state index in [2.05, 4.69) is 20.5 Å². The second kappa shape index (κ2) is 4.38. The number of nitrogens with zero attached hydrogens (tertiary/aromatic N) is 4. The van der Waals surface area contributed by atoms with Crippen LogP contribution in [0.2, 0.25) is 0 Å². The van der Waals surface area contributed by atoms with Crippen LogP contribution in [0.4, 0.5) is 0 Å². The molecule has 2 fully saturated rings. The van der Waals surface area contributed by atoms with Crippen LogP contribution in [0.5, 0.6) is 0 Å². The maximum Gasteiger partial charge on any atom is 0.0967 e. The van der Waals surface area contributed by atoms with E-state index in [0.29, 0.717) is 5.41 Å². The molecule has 0 amide bonds. The van der Waals surface area contributed by atoms with E-state index in [4.69, 9.17) is 0 Å². The second-order valence-corrected chi connectivity index (χ2v) is 5.59. The van der Waals surface area contributed by atoms with Gasteiger partial charge in [0.1, 0.15) is 0 Å². The first-order valence-corrected chi connectivity index (χ1v) is 6.54. The third-order valence-electron chi connectivity index (χ3n) is 4.22. The first-order valence-electron chi connectivity index (χ1n) is 6.54. The average molecular weight is 235 g/mol. The Morgan fingerprint density at radius 2 is 2.18 bits per heavy atom. The molecule has 0 aliphatic carbocycles. The molecule has 0 unspecified atom stereocenters. The lowest BCUT2D eigenvalue weighted by Gasteiger charge is -2.33. The van der Waals surface area contributed by atoms with Crippen LogP contribution in [0, 0.1) is 5.41 Å². The number of aromatic nitrogens is 3. The molecule has 0 bridgehead atoms. The number of likely N-dealkylation sites (tertiary alicyclic amines) is 1. The van der Waals surface area contributed by atoms with Crippen molar-refractivity contribution >= 4 is 0 Å². The Labute approximate surface area is 102 Å². The molecule has 3 heterocycles. The molecule has 0 aromatic carbocycles. The molecule has 5 nitrogen and oxygen atoms in total. The first kappa shape index (κ1) is 11.2. The Kier molecular flexibility index (Phi) is 2.88. The molecule has 2 aliphatic heterocycles. The number of hydrogen-bond acceptors (Lipinski definition) is 4. The van der Waals surface area contributed by atoms with Crippen molar-refractivity contribution in [2.45, 2.75) is 25.8 Å². The Hall–Kier alpha value is -0.940. The van der Waals surface area contributed by atoms with Crippen molar-refractivity contribution in [2.75, 3.05) is 26.2 Å². The molecule has 1 N–H and O–H groups in total. The highest BCUT2D eigenvalue weighted by Gasteiger charge is 2.38. The monoisotopic (exact) mass is 235 g/mol. The van der Waals surface area contributed by atoms with Crippen LogP contribution in [0.3, 0.4) is 0 Å². The van der Waals surface area contributed by atoms with Gasteiger partial charge in [0.2, 0.25) is 0 Å². The normalized spacial score (nSPS) is 24.5. The summed E-state index contributed by atoms with van der Waals surface area (Å²) >= 11 is 0. The van der Waals surface area contributed by atoms with Gasteiger partial charge in [-0.15, -0.1) is 5.10 Å². The molecule has 1 aromatic rings. The van der Waals surface area contributed by atoms with E-state index in [1.807, 2.05) is 13.2 Å². The summed E-state index contributed by atoms with van der Waals surface area (Å²) in [6.07, 6.45) is 6.05. The zero-order valence-corrected chi connectivity index (χ0v) is 10.5. The topological polar surface area (TPSA) is 46.0 Å². The summed E-state index contributed by atoms with van der Waals surface area (Å²) < 4.78 is 1.78. The quantitative estimate of drug-likeness (QED) is 0.805. The Morgan fingerprint density at radius 1 is 1.35 bits per heavy atom. The molecular weight excluding hydrogens is 214 g/mol. The number of hydrogen-bond donors (Lipinski definition) is 1. The summed E-state index contributed by atoms with van der Waals surface area (Å²) in [6, 6.07) is 0. The Balaban J connectivity index is 1.60. The molecule has 5 heteroatoms. The standard InChI is InChI=1S/C12H21N5/c1-16-8-11(14-15-16)9-17-7-4-12(10-17)2-5-13-6-3-12/h8,13H,2-7,9-10H2,1H3. The Bertz CT molecular complexity index is 380. The molecule has 0 atom stereocenters. The molecule has 17 heavy (non-hydrogen) atoms. The van der Waals surface area contributed by atoms with E-state index in [9.17, 15) is 0 Å². The summed E-state index contributed by atoms with van der Waals surface area (Å²) in [5.41, 5.74) is 1.69. The molecule has 0 radical (unpaired) electrons. The third-order valence-corrected chi connectivity index (χ3v) is 4.22. The molecule has 3 rings (SSSR count). The van der Waals surface area contributed by atoms with Crippen LogP contribution in [-0.4, -0.2) is 46.1 Å². The van der Waals surface area contributed by atoms with E-state index in [0.717, 1.165) is 12.2 Å². The highest BCUT2D eigenvalue weighted by Crippen LogP contribution is 2.38. The minimum atomic E-state index is 0.591. The SMILES string of the molecule is Cn1cc(CN2CCC3(CCNCC3)C2)nn1. The summed E-state index contributed by atoms with van der Waals surface area (Å²) in [5.74, 6) is 0. The van der Waals surface area contributed by atoms with Crippen molar-refractivity contribution in [1.82, 2.24) is 25.2 Å². The maximum absolute atomic E-state index is 4.17. The predicted molar refractivity (Wildman–Crippen MR) is 65.4 cm³/mol. The minimum absolute atomic E-state index is 0.591. The smallest absolute Gasteiger partial charge is 0.0967 e. The molecule has 1 aromatic heterocycles. The Morgan fingerprint density at radius 3 is 2.88 bits per heavy atom. The van der Waals surface area contributed by atoms with Gasteiger partial charge in [0.25, 0.3) is 0 Å². The second-order valence-electron chi connectivity index (χ2n) is 5.59. The highest BCUT2D eigenvalue weighted by atomic mass is 15.4. The fourth-order valence-corrected chi connectivity index (χ4v) is 3.22. The molecular formula is C12H21N5. The van der Waals surface area contributed by atoms with Crippen LogP contribution in [0.15, 0.2) is 6.20 Å². The molecule has 1 spiro atoms. The van der Waals surface area contributed by atoms with Crippen LogP contribution in [0.25, 0.3) is 0 Å². The van der Waals surface area contributed by atoms with Gasteiger partial charge < -0.3 is 5.32 Å². The van der Waals surface area contributed by atoms with Crippen molar-refractivity contribution in [3.05, 3.63) is 11.9 Å². The van der Waals surface area contributed by atoms with Crippen LogP contribution >= 0.6 is 0 Å². The number of piperidine rings is 1.